The van der Waals surface area contributed by atoms with Gasteiger partial charge < -0.3 is 5.32 Å². The summed E-state index contributed by atoms with van der Waals surface area (Å²) >= 11 is 0. The molecule has 25 heavy (non-hydrogen) atoms. The molecular weight excluding hydrogens is 326 g/mol. The predicted octanol–water partition coefficient (Wildman–Crippen LogP) is 2.17. The minimum atomic E-state index is -0.981. The van der Waals surface area contributed by atoms with Gasteiger partial charge in [-0.25, -0.2) is 13.8 Å². The number of hydrogen-bond donors (Lipinski definition) is 1. The van der Waals surface area contributed by atoms with Crippen molar-refractivity contribution < 1.29 is 18.4 Å². The summed E-state index contributed by atoms with van der Waals surface area (Å²) in [4.78, 5) is 27.2. The first-order valence-corrected chi connectivity index (χ1v) is 7.54. The van der Waals surface area contributed by atoms with Crippen molar-refractivity contribution in [2.75, 3.05) is 5.32 Å². The number of nitrogens with zero attached hydrogens (tertiary/aromatic N) is 1. The highest BCUT2D eigenvalue weighted by Crippen LogP contribution is 2.25. The van der Waals surface area contributed by atoms with E-state index < -0.39 is 17.5 Å². The molecule has 0 spiro atoms. The molecule has 0 aromatic heterocycles. The van der Waals surface area contributed by atoms with Crippen LogP contribution in [0.5, 0.6) is 0 Å². The zero-order valence-electron chi connectivity index (χ0n) is 13.6. The first-order chi connectivity index (χ1) is 11.8. The summed E-state index contributed by atoms with van der Waals surface area (Å²) in [6.45, 7) is 2.99. The SMILES string of the molecule is Cc1cc(F)c(F)c(C)c1NC(=O)/C=C/c1ccc2c(c1)=NC(=O)C=2. The molecule has 0 saturated heterocycles. The number of benzene rings is 2. The van der Waals surface area contributed by atoms with E-state index in [2.05, 4.69) is 10.3 Å². The number of anilines is 1. The fraction of sp³-hybridized carbons (Fsp3) is 0.105. The summed E-state index contributed by atoms with van der Waals surface area (Å²) in [5.41, 5.74) is 1.42. The molecule has 0 fully saturated rings. The van der Waals surface area contributed by atoms with E-state index in [-0.39, 0.29) is 17.2 Å². The lowest BCUT2D eigenvalue weighted by atomic mass is 10.1. The number of halogens is 2. The summed E-state index contributed by atoms with van der Waals surface area (Å²) in [7, 11) is 0. The van der Waals surface area contributed by atoms with E-state index in [0.29, 0.717) is 16.5 Å². The Morgan fingerprint density at radius 2 is 1.96 bits per heavy atom. The maximum Gasteiger partial charge on any atom is 0.270 e. The molecule has 1 N–H and O–H groups in total. The van der Waals surface area contributed by atoms with Crippen molar-refractivity contribution in [1.82, 2.24) is 0 Å². The van der Waals surface area contributed by atoms with Crippen molar-refractivity contribution >= 4 is 29.7 Å². The Kier molecular flexibility index (Phi) is 4.27. The minimum absolute atomic E-state index is 0.0460. The molecule has 3 rings (SSSR count). The van der Waals surface area contributed by atoms with Crippen molar-refractivity contribution in [2.24, 2.45) is 4.99 Å². The molecule has 0 saturated carbocycles. The smallest absolute Gasteiger partial charge is 0.270 e. The highest BCUT2D eigenvalue weighted by Gasteiger charge is 2.14. The third-order valence-corrected chi connectivity index (χ3v) is 3.89. The number of hydrogen-bond acceptors (Lipinski definition) is 2. The van der Waals surface area contributed by atoms with Crippen molar-refractivity contribution in [2.45, 2.75) is 13.8 Å². The van der Waals surface area contributed by atoms with Crippen molar-refractivity contribution in [3.8, 4) is 0 Å². The normalized spacial score (nSPS) is 12.7. The van der Waals surface area contributed by atoms with E-state index in [9.17, 15) is 18.4 Å². The number of rotatable bonds is 3. The molecule has 0 radical (unpaired) electrons. The number of amides is 2. The highest BCUT2D eigenvalue weighted by molar-refractivity contribution is 6.06. The number of aryl methyl sites for hydroxylation is 1. The Balaban J connectivity index is 1.81. The highest BCUT2D eigenvalue weighted by atomic mass is 19.2. The molecule has 0 atom stereocenters. The van der Waals surface area contributed by atoms with Crippen LogP contribution in [0.3, 0.4) is 0 Å². The number of nitrogens with one attached hydrogen (secondary N) is 1. The Hall–Kier alpha value is -3.15. The molecule has 0 aliphatic carbocycles. The Morgan fingerprint density at radius 1 is 1.20 bits per heavy atom. The average Bonchev–Trinajstić information content (AvgIpc) is 2.94. The molecule has 126 valence electrons. The van der Waals surface area contributed by atoms with Crippen LogP contribution in [0.1, 0.15) is 16.7 Å². The van der Waals surface area contributed by atoms with E-state index in [4.69, 9.17) is 0 Å². The molecule has 2 aromatic rings. The van der Waals surface area contributed by atoms with Gasteiger partial charge in [-0.3, -0.25) is 9.59 Å². The second kappa shape index (κ2) is 6.39. The predicted molar refractivity (Wildman–Crippen MR) is 90.2 cm³/mol. The van der Waals surface area contributed by atoms with Gasteiger partial charge in [0.1, 0.15) is 0 Å². The Bertz CT molecular complexity index is 1060. The lowest BCUT2D eigenvalue weighted by Gasteiger charge is -2.11. The van der Waals surface area contributed by atoms with E-state index in [1.54, 1.807) is 31.2 Å². The number of fused-ring (bicyclic) bond motifs is 1. The Morgan fingerprint density at radius 3 is 2.72 bits per heavy atom. The second-order valence-corrected chi connectivity index (χ2v) is 5.72. The molecule has 0 unspecified atom stereocenters. The molecule has 0 bridgehead atoms. The van der Waals surface area contributed by atoms with E-state index >= 15 is 0 Å². The Labute approximate surface area is 142 Å². The lowest BCUT2D eigenvalue weighted by Crippen LogP contribution is -2.20. The second-order valence-electron chi connectivity index (χ2n) is 5.72. The summed E-state index contributed by atoms with van der Waals surface area (Å²) in [6.07, 6.45) is 4.27. The first-order valence-electron chi connectivity index (χ1n) is 7.54. The minimum Gasteiger partial charge on any atom is -0.322 e. The maximum atomic E-state index is 13.6. The van der Waals surface area contributed by atoms with Gasteiger partial charge in [-0.1, -0.05) is 12.1 Å². The third kappa shape index (κ3) is 3.38. The van der Waals surface area contributed by atoms with Crippen LogP contribution in [-0.2, 0) is 9.59 Å². The van der Waals surface area contributed by atoms with Crippen LogP contribution in [0.2, 0.25) is 0 Å². The van der Waals surface area contributed by atoms with Gasteiger partial charge in [-0.05, 0) is 43.2 Å². The maximum absolute atomic E-state index is 13.6. The quantitative estimate of drug-likeness (QED) is 0.871. The van der Waals surface area contributed by atoms with Crippen LogP contribution < -0.4 is 15.9 Å². The summed E-state index contributed by atoms with van der Waals surface area (Å²) in [5, 5.41) is 3.85. The third-order valence-electron chi connectivity index (χ3n) is 3.89. The van der Waals surface area contributed by atoms with Crippen LogP contribution in [0.4, 0.5) is 14.5 Å². The molecule has 2 amide bonds. The van der Waals surface area contributed by atoms with Gasteiger partial charge in [0, 0.05) is 28.6 Å². The van der Waals surface area contributed by atoms with E-state index in [1.165, 1.54) is 19.1 Å². The van der Waals surface area contributed by atoms with Crippen LogP contribution >= 0.6 is 0 Å². The first kappa shape index (κ1) is 16.7. The summed E-state index contributed by atoms with van der Waals surface area (Å²) in [6, 6.07) is 6.22. The molecule has 1 heterocycles. The lowest BCUT2D eigenvalue weighted by molar-refractivity contribution is -0.112. The molecular formula is C19H14F2N2O2. The molecule has 2 aromatic carbocycles. The van der Waals surface area contributed by atoms with Crippen LogP contribution in [0.25, 0.3) is 12.2 Å². The molecule has 4 nitrogen and oxygen atoms in total. The topological polar surface area (TPSA) is 58.5 Å². The van der Waals surface area contributed by atoms with Crippen molar-refractivity contribution in [1.29, 1.82) is 0 Å². The zero-order valence-corrected chi connectivity index (χ0v) is 13.6. The molecule has 6 heteroatoms. The van der Waals surface area contributed by atoms with E-state index in [1.807, 2.05) is 0 Å². The van der Waals surface area contributed by atoms with Gasteiger partial charge in [0.15, 0.2) is 11.6 Å². The zero-order chi connectivity index (χ0) is 18.1. The fourth-order valence-electron chi connectivity index (χ4n) is 2.61. The van der Waals surface area contributed by atoms with Gasteiger partial charge in [-0.15, -0.1) is 0 Å². The van der Waals surface area contributed by atoms with Crippen molar-refractivity contribution in [3.05, 3.63) is 69.2 Å². The van der Waals surface area contributed by atoms with E-state index in [0.717, 1.165) is 11.3 Å². The molecule has 1 aliphatic rings. The van der Waals surface area contributed by atoms with Gasteiger partial charge in [0.05, 0.1) is 5.36 Å². The number of carbonyl (C=O) groups is 2. The summed E-state index contributed by atoms with van der Waals surface area (Å²) in [5.74, 6) is -2.71. The van der Waals surface area contributed by atoms with Crippen LogP contribution in [0.15, 0.2) is 35.3 Å². The van der Waals surface area contributed by atoms with Crippen LogP contribution in [-0.4, -0.2) is 11.8 Å². The average molecular weight is 340 g/mol. The van der Waals surface area contributed by atoms with Crippen LogP contribution in [0, 0.1) is 25.5 Å². The molecule has 1 aliphatic heterocycles. The van der Waals surface area contributed by atoms with Gasteiger partial charge in [-0.2, -0.15) is 0 Å². The van der Waals surface area contributed by atoms with Gasteiger partial charge in [0.2, 0.25) is 5.91 Å². The largest absolute Gasteiger partial charge is 0.322 e. The monoisotopic (exact) mass is 340 g/mol. The number of carbonyl (C=O) groups excluding carboxylic acids is 2. The fourth-order valence-corrected chi connectivity index (χ4v) is 2.61. The summed E-state index contributed by atoms with van der Waals surface area (Å²) < 4.78 is 27.0. The standard InChI is InChI=1S/C19H14F2N2O2/c1-10-7-14(20)18(21)11(2)19(10)23-16(24)6-4-12-3-5-13-9-17(25)22-15(13)8-12/h3-9H,1-2H3,(H,23,24)/b6-4+. The van der Waals surface area contributed by atoms with Crippen molar-refractivity contribution in [3.63, 3.8) is 0 Å². The van der Waals surface area contributed by atoms with Gasteiger partial charge in [0.25, 0.3) is 5.91 Å². The van der Waals surface area contributed by atoms with Gasteiger partial charge >= 0.3 is 0 Å².